The van der Waals surface area contributed by atoms with E-state index in [1.807, 2.05) is 5.32 Å². The maximum absolute atomic E-state index is 13.4. The molecule has 0 fully saturated rings. The fraction of sp³-hybridized carbons (Fsp3) is 0.292. The molecule has 0 aliphatic heterocycles. The molecule has 4 rings (SSSR count). The van der Waals surface area contributed by atoms with E-state index in [0.717, 1.165) is 30.5 Å². The van der Waals surface area contributed by atoms with Crippen molar-refractivity contribution in [3.63, 3.8) is 0 Å². The van der Waals surface area contributed by atoms with Crippen LogP contribution in [0.15, 0.2) is 42.5 Å². The molecule has 1 aliphatic carbocycles. The Bertz CT molecular complexity index is 1230. The van der Waals surface area contributed by atoms with Gasteiger partial charge in [0.15, 0.2) is 5.69 Å². The lowest BCUT2D eigenvalue weighted by atomic mass is 9.95. The lowest BCUT2D eigenvalue weighted by Gasteiger charge is -2.14. The molecule has 6 nitrogen and oxygen atoms in total. The maximum atomic E-state index is 13.4. The van der Waals surface area contributed by atoms with Crippen molar-refractivity contribution in [2.45, 2.75) is 38.8 Å². The van der Waals surface area contributed by atoms with Gasteiger partial charge in [-0.3, -0.25) is 9.59 Å². The SMILES string of the molecule is Cc1ccc(C(=O)NCC(F)(F)F)cc1NC(=O)c1nn(-c2ccc(F)cc2)c2c1CCCC2. The van der Waals surface area contributed by atoms with E-state index in [1.54, 1.807) is 29.8 Å². The third-order valence-corrected chi connectivity index (χ3v) is 5.66. The van der Waals surface area contributed by atoms with Gasteiger partial charge in [0.1, 0.15) is 12.4 Å². The monoisotopic (exact) mass is 474 g/mol. The number of alkyl halides is 3. The summed E-state index contributed by atoms with van der Waals surface area (Å²) in [6.07, 6.45) is -1.30. The molecule has 0 saturated carbocycles. The number of hydrogen-bond donors (Lipinski definition) is 2. The quantitative estimate of drug-likeness (QED) is 0.525. The van der Waals surface area contributed by atoms with Gasteiger partial charge in [-0.15, -0.1) is 0 Å². The van der Waals surface area contributed by atoms with Crippen LogP contribution in [0, 0.1) is 12.7 Å². The number of anilines is 1. The van der Waals surface area contributed by atoms with Crippen LogP contribution in [0.3, 0.4) is 0 Å². The standard InChI is InChI=1S/C24H22F4N4O2/c1-14-6-7-15(22(33)29-13-24(26,27)28)12-19(14)30-23(34)21-18-4-2-3-5-20(18)32(31-21)17-10-8-16(25)9-11-17/h6-12H,2-5,13H2,1H3,(H,29,33)(H,30,34). The van der Waals surface area contributed by atoms with Crippen molar-refractivity contribution in [3.8, 4) is 5.69 Å². The molecule has 3 aromatic rings. The third kappa shape index (κ3) is 5.11. The Balaban J connectivity index is 1.61. The molecule has 1 aliphatic rings. The number of carbonyl (C=O) groups excluding carboxylic acids is 2. The average molecular weight is 474 g/mol. The number of aryl methyl sites for hydroxylation is 1. The molecular formula is C24H22F4N4O2. The van der Waals surface area contributed by atoms with Crippen LogP contribution in [0.4, 0.5) is 23.2 Å². The van der Waals surface area contributed by atoms with Crippen molar-refractivity contribution in [2.75, 3.05) is 11.9 Å². The maximum Gasteiger partial charge on any atom is 0.405 e. The van der Waals surface area contributed by atoms with Crippen molar-refractivity contribution < 1.29 is 27.2 Å². The highest BCUT2D eigenvalue weighted by Crippen LogP contribution is 2.28. The average Bonchev–Trinajstić information content (AvgIpc) is 3.19. The van der Waals surface area contributed by atoms with Gasteiger partial charge in [-0.25, -0.2) is 9.07 Å². The van der Waals surface area contributed by atoms with Gasteiger partial charge >= 0.3 is 6.18 Å². The zero-order valence-corrected chi connectivity index (χ0v) is 18.3. The predicted octanol–water partition coefficient (Wildman–Crippen LogP) is 4.74. The van der Waals surface area contributed by atoms with Crippen LogP contribution >= 0.6 is 0 Å². The van der Waals surface area contributed by atoms with Crippen LogP contribution < -0.4 is 10.6 Å². The van der Waals surface area contributed by atoms with Gasteiger partial charge in [0.05, 0.1) is 5.69 Å². The molecule has 0 spiro atoms. The number of rotatable bonds is 5. The van der Waals surface area contributed by atoms with Crippen molar-refractivity contribution >= 4 is 17.5 Å². The number of carbonyl (C=O) groups is 2. The minimum absolute atomic E-state index is 0.0102. The topological polar surface area (TPSA) is 76.0 Å². The Hall–Kier alpha value is -3.69. The van der Waals surface area contributed by atoms with Crippen molar-refractivity contribution in [1.82, 2.24) is 15.1 Å². The summed E-state index contributed by atoms with van der Waals surface area (Å²) >= 11 is 0. The molecule has 2 aromatic carbocycles. The zero-order valence-electron chi connectivity index (χ0n) is 18.3. The largest absolute Gasteiger partial charge is 0.405 e. The molecule has 34 heavy (non-hydrogen) atoms. The summed E-state index contributed by atoms with van der Waals surface area (Å²) in [6, 6.07) is 10.1. The molecule has 0 saturated heterocycles. The van der Waals surface area contributed by atoms with Crippen molar-refractivity contribution in [2.24, 2.45) is 0 Å². The van der Waals surface area contributed by atoms with E-state index in [9.17, 15) is 27.2 Å². The lowest BCUT2D eigenvalue weighted by molar-refractivity contribution is -0.123. The number of halogens is 4. The molecule has 0 radical (unpaired) electrons. The fourth-order valence-corrected chi connectivity index (χ4v) is 3.94. The summed E-state index contributed by atoms with van der Waals surface area (Å²) < 4.78 is 52.3. The second kappa shape index (κ2) is 9.28. The predicted molar refractivity (Wildman–Crippen MR) is 118 cm³/mol. The summed E-state index contributed by atoms with van der Waals surface area (Å²) in [6.45, 7) is 0.258. The van der Waals surface area contributed by atoms with E-state index >= 15 is 0 Å². The number of hydrogen-bond acceptors (Lipinski definition) is 3. The Morgan fingerprint density at radius 3 is 2.44 bits per heavy atom. The Kier molecular flexibility index (Phi) is 6.41. The highest BCUT2D eigenvalue weighted by molar-refractivity contribution is 6.05. The van der Waals surface area contributed by atoms with Gasteiger partial charge in [-0.05, 0) is 74.6 Å². The summed E-state index contributed by atoms with van der Waals surface area (Å²) in [5.41, 5.74) is 3.48. The minimum atomic E-state index is -4.53. The van der Waals surface area contributed by atoms with Crippen LogP contribution in [0.25, 0.3) is 5.69 Å². The lowest BCUT2D eigenvalue weighted by Crippen LogP contribution is -2.33. The van der Waals surface area contributed by atoms with E-state index < -0.39 is 24.5 Å². The highest BCUT2D eigenvalue weighted by Gasteiger charge is 2.28. The van der Waals surface area contributed by atoms with E-state index in [2.05, 4.69) is 10.4 Å². The van der Waals surface area contributed by atoms with Gasteiger partial charge in [-0.1, -0.05) is 6.07 Å². The number of aromatic nitrogens is 2. The second-order valence-electron chi connectivity index (χ2n) is 8.15. The van der Waals surface area contributed by atoms with Gasteiger partial charge in [0.2, 0.25) is 0 Å². The highest BCUT2D eigenvalue weighted by atomic mass is 19.4. The minimum Gasteiger partial charge on any atom is -0.343 e. The normalized spacial score (nSPS) is 13.3. The molecular weight excluding hydrogens is 452 g/mol. The Morgan fingerprint density at radius 2 is 1.74 bits per heavy atom. The molecule has 0 atom stereocenters. The summed E-state index contributed by atoms with van der Waals surface area (Å²) in [4.78, 5) is 25.3. The second-order valence-corrected chi connectivity index (χ2v) is 8.15. The van der Waals surface area contributed by atoms with E-state index in [1.165, 1.54) is 24.3 Å². The smallest absolute Gasteiger partial charge is 0.343 e. The number of amides is 2. The van der Waals surface area contributed by atoms with Gasteiger partial charge in [-0.2, -0.15) is 18.3 Å². The van der Waals surface area contributed by atoms with Crippen molar-refractivity contribution in [1.29, 1.82) is 0 Å². The number of nitrogens with one attached hydrogen (secondary N) is 2. The first-order valence-electron chi connectivity index (χ1n) is 10.8. The van der Waals surface area contributed by atoms with Crippen LogP contribution in [0.2, 0.25) is 0 Å². The first-order valence-corrected chi connectivity index (χ1v) is 10.8. The molecule has 0 bridgehead atoms. The van der Waals surface area contributed by atoms with Crippen LogP contribution in [0.5, 0.6) is 0 Å². The van der Waals surface area contributed by atoms with Gasteiger partial charge < -0.3 is 10.6 Å². The van der Waals surface area contributed by atoms with E-state index in [-0.39, 0.29) is 17.1 Å². The summed E-state index contributed by atoms with van der Waals surface area (Å²) in [7, 11) is 0. The first kappa shape index (κ1) is 23.5. The summed E-state index contributed by atoms with van der Waals surface area (Å²) in [5, 5.41) is 9.07. The van der Waals surface area contributed by atoms with Gasteiger partial charge in [0.25, 0.3) is 11.8 Å². The Morgan fingerprint density at radius 1 is 1.03 bits per heavy atom. The molecule has 0 unspecified atom stereocenters. The van der Waals surface area contributed by atoms with Crippen LogP contribution in [-0.4, -0.2) is 34.3 Å². The fourth-order valence-electron chi connectivity index (χ4n) is 3.94. The van der Waals surface area contributed by atoms with Gasteiger partial charge in [0, 0.05) is 22.5 Å². The Labute approximate surface area is 193 Å². The molecule has 178 valence electrons. The molecule has 2 amide bonds. The molecule has 2 N–H and O–H groups in total. The number of benzene rings is 2. The molecule has 1 heterocycles. The van der Waals surface area contributed by atoms with Crippen LogP contribution in [0.1, 0.15) is 50.5 Å². The molecule has 10 heteroatoms. The van der Waals surface area contributed by atoms with E-state index in [0.29, 0.717) is 23.4 Å². The third-order valence-electron chi connectivity index (χ3n) is 5.66. The number of nitrogens with zero attached hydrogens (tertiary/aromatic N) is 2. The number of fused-ring (bicyclic) bond motifs is 1. The zero-order chi connectivity index (χ0) is 24.5. The first-order chi connectivity index (χ1) is 16.1. The molecule has 1 aromatic heterocycles. The van der Waals surface area contributed by atoms with Crippen molar-refractivity contribution in [3.05, 3.63) is 76.4 Å². The van der Waals surface area contributed by atoms with E-state index in [4.69, 9.17) is 0 Å². The van der Waals surface area contributed by atoms with Crippen LogP contribution in [-0.2, 0) is 12.8 Å². The summed E-state index contributed by atoms with van der Waals surface area (Å²) in [5.74, 6) is -1.77.